The van der Waals surface area contributed by atoms with E-state index in [1.165, 1.54) is 44.9 Å². The zero-order chi connectivity index (χ0) is 14.0. The molecule has 2 nitrogen and oxygen atoms in total. The van der Waals surface area contributed by atoms with Gasteiger partial charge < -0.3 is 5.32 Å². The smallest absolute Gasteiger partial charge is 0.152 e. The van der Waals surface area contributed by atoms with E-state index in [-0.39, 0.29) is 5.54 Å². The zero-order valence-corrected chi connectivity index (χ0v) is 13.1. The Morgan fingerprint density at radius 1 is 1.00 bits per heavy atom. The Labute approximate surface area is 119 Å². The average molecular weight is 267 g/mol. The molecule has 0 aliphatic carbocycles. The summed E-state index contributed by atoms with van der Waals surface area (Å²) in [5, 5.41) is 3.45. The number of hydrogen-bond donors (Lipinski definition) is 1. The van der Waals surface area contributed by atoms with Crippen molar-refractivity contribution in [1.29, 1.82) is 0 Å². The third-order valence-electron chi connectivity index (χ3n) is 4.64. The molecule has 0 radical (unpaired) electrons. The summed E-state index contributed by atoms with van der Waals surface area (Å²) in [5.74, 6) is 0.471. The topological polar surface area (TPSA) is 29.1 Å². The summed E-state index contributed by atoms with van der Waals surface area (Å²) in [6.07, 6.45) is 14.4. The maximum absolute atomic E-state index is 12.3. The minimum Gasteiger partial charge on any atom is -0.305 e. The largest absolute Gasteiger partial charge is 0.305 e. The van der Waals surface area contributed by atoms with E-state index < -0.39 is 0 Å². The molecule has 1 N–H and O–H groups in total. The van der Waals surface area contributed by atoms with Crippen molar-refractivity contribution in [3.8, 4) is 0 Å². The van der Waals surface area contributed by atoms with Gasteiger partial charge >= 0.3 is 0 Å². The van der Waals surface area contributed by atoms with Crippen LogP contribution in [0.25, 0.3) is 0 Å². The van der Waals surface area contributed by atoms with Crippen LogP contribution in [0.1, 0.15) is 90.9 Å². The van der Waals surface area contributed by atoms with Gasteiger partial charge in [0.15, 0.2) is 5.78 Å². The number of ketones is 1. The highest BCUT2D eigenvalue weighted by molar-refractivity contribution is 5.88. The molecular formula is C17H33NO. The first-order valence-electron chi connectivity index (χ1n) is 8.53. The lowest BCUT2D eigenvalue weighted by Crippen LogP contribution is -2.46. The predicted molar refractivity (Wildman–Crippen MR) is 82.5 cm³/mol. The van der Waals surface area contributed by atoms with Crippen LogP contribution in [-0.2, 0) is 4.79 Å². The van der Waals surface area contributed by atoms with E-state index in [9.17, 15) is 4.79 Å². The molecule has 1 atom stereocenters. The molecule has 1 aliphatic heterocycles. The Balaban J connectivity index is 2.04. The third kappa shape index (κ3) is 5.64. The summed E-state index contributed by atoms with van der Waals surface area (Å²) in [6.45, 7) is 5.42. The molecular weight excluding hydrogens is 234 g/mol. The molecule has 1 rings (SSSR count). The fourth-order valence-corrected chi connectivity index (χ4v) is 3.20. The van der Waals surface area contributed by atoms with Gasteiger partial charge in [-0.05, 0) is 32.2 Å². The van der Waals surface area contributed by atoms with Gasteiger partial charge in [-0.2, -0.15) is 0 Å². The van der Waals surface area contributed by atoms with Crippen LogP contribution < -0.4 is 5.32 Å². The maximum Gasteiger partial charge on any atom is 0.152 e. The first kappa shape index (κ1) is 16.7. The minimum atomic E-state index is -0.152. The van der Waals surface area contributed by atoms with E-state index >= 15 is 0 Å². The van der Waals surface area contributed by atoms with Crippen molar-refractivity contribution in [3.05, 3.63) is 0 Å². The number of nitrogens with one attached hydrogen (secondary N) is 1. The molecule has 0 saturated carbocycles. The van der Waals surface area contributed by atoms with Gasteiger partial charge in [0.05, 0.1) is 5.54 Å². The molecule has 0 aromatic rings. The van der Waals surface area contributed by atoms with E-state index in [0.29, 0.717) is 5.78 Å². The number of hydrogen-bond acceptors (Lipinski definition) is 2. The Kier molecular flexibility index (Phi) is 8.36. The summed E-state index contributed by atoms with van der Waals surface area (Å²) >= 11 is 0. The maximum atomic E-state index is 12.3. The van der Waals surface area contributed by atoms with Gasteiger partial charge in [-0.1, -0.05) is 58.8 Å². The molecule has 112 valence electrons. The van der Waals surface area contributed by atoms with Crippen LogP contribution in [0.15, 0.2) is 0 Å². The van der Waals surface area contributed by atoms with Crippen molar-refractivity contribution in [2.45, 2.75) is 96.4 Å². The lowest BCUT2D eigenvalue weighted by molar-refractivity contribution is -0.125. The normalized spacial score (nSPS) is 22.8. The second kappa shape index (κ2) is 9.52. The van der Waals surface area contributed by atoms with Crippen molar-refractivity contribution in [1.82, 2.24) is 5.32 Å². The van der Waals surface area contributed by atoms with Crippen molar-refractivity contribution in [2.75, 3.05) is 6.54 Å². The van der Waals surface area contributed by atoms with Gasteiger partial charge in [-0.25, -0.2) is 0 Å². The van der Waals surface area contributed by atoms with Crippen LogP contribution in [0.2, 0.25) is 0 Å². The predicted octanol–water partition coefficient (Wildman–Crippen LogP) is 4.62. The van der Waals surface area contributed by atoms with E-state index in [1.807, 2.05) is 0 Å². The average Bonchev–Trinajstić information content (AvgIpc) is 2.91. The van der Waals surface area contributed by atoms with Gasteiger partial charge in [-0.3, -0.25) is 4.79 Å². The van der Waals surface area contributed by atoms with E-state index in [0.717, 1.165) is 38.6 Å². The molecule has 1 saturated heterocycles. The standard InChI is InChI=1S/C17H33NO/c1-3-5-6-7-8-9-10-11-13-16(19)17(4-2)14-12-15-18-17/h18H,3-15H2,1-2H3. The lowest BCUT2D eigenvalue weighted by Gasteiger charge is -2.26. The number of rotatable bonds is 11. The molecule has 19 heavy (non-hydrogen) atoms. The quantitative estimate of drug-likeness (QED) is 0.553. The first-order valence-corrected chi connectivity index (χ1v) is 8.53. The van der Waals surface area contributed by atoms with E-state index in [2.05, 4.69) is 19.2 Å². The molecule has 0 aromatic heterocycles. The van der Waals surface area contributed by atoms with Gasteiger partial charge in [0.1, 0.15) is 0 Å². The summed E-state index contributed by atoms with van der Waals surface area (Å²) in [4.78, 5) is 12.3. The number of carbonyl (C=O) groups is 1. The fraction of sp³-hybridized carbons (Fsp3) is 0.941. The summed E-state index contributed by atoms with van der Waals surface area (Å²) in [7, 11) is 0. The molecule has 1 heterocycles. The molecule has 0 amide bonds. The van der Waals surface area contributed by atoms with Crippen molar-refractivity contribution in [2.24, 2.45) is 0 Å². The van der Waals surface area contributed by atoms with E-state index in [1.54, 1.807) is 0 Å². The van der Waals surface area contributed by atoms with Gasteiger partial charge in [-0.15, -0.1) is 0 Å². The fourth-order valence-electron chi connectivity index (χ4n) is 3.20. The van der Waals surface area contributed by atoms with Crippen LogP contribution in [0, 0.1) is 0 Å². The highest BCUT2D eigenvalue weighted by Gasteiger charge is 2.37. The number of carbonyl (C=O) groups excluding carboxylic acids is 1. The second-order valence-corrected chi connectivity index (χ2v) is 6.11. The van der Waals surface area contributed by atoms with Crippen LogP contribution in [-0.4, -0.2) is 17.9 Å². The van der Waals surface area contributed by atoms with Crippen molar-refractivity contribution >= 4 is 5.78 Å². The number of Topliss-reactive ketones (excluding diaryl/α,β-unsaturated/α-hetero) is 1. The SMILES string of the molecule is CCCCCCCCCCC(=O)C1(CC)CCCN1. The molecule has 2 heteroatoms. The van der Waals surface area contributed by atoms with Gasteiger partial charge in [0.25, 0.3) is 0 Å². The van der Waals surface area contributed by atoms with Crippen molar-refractivity contribution < 1.29 is 4.79 Å². The zero-order valence-electron chi connectivity index (χ0n) is 13.1. The van der Waals surface area contributed by atoms with Gasteiger partial charge in [0, 0.05) is 6.42 Å². The molecule has 1 aliphatic rings. The summed E-state index contributed by atoms with van der Waals surface area (Å²) < 4.78 is 0. The lowest BCUT2D eigenvalue weighted by atomic mass is 9.86. The Morgan fingerprint density at radius 3 is 2.16 bits per heavy atom. The third-order valence-corrected chi connectivity index (χ3v) is 4.64. The Bertz CT molecular complexity index is 244. The highest BCUT2D eigenvalue weighted by atomic mass is 16.1. The molecule has 0 bridgehead atoms. The van der Waals surface area contributed by atoms with Gasteiger partial charge in [0.2, 0.25) is 0 Å². The van der Waals surface area contributed by atoms with Crippen molar-refractivity contribution in [3.63, 3.8) is 0 Å². The first-order chi connectivity index (χ1) is 9.25. The summed E-state index contributed by atoms with van der Waals surface area (Å²) in [6, 6.07) is 0. The molecule has 0 aromatic carbocycles. The second-order valence-electron chi connectivity index (χ2n) is 6.11. The van der Waals surface area contributed by atoms with E-state index in [4.69, 9.17) is 0 Å². The van der Waals surface area contributed by atoms with Crippen LogP contribution in [0.3, 0.4) is 0 Å². The Hall–Kier alpha value is -0.370. The summed E-state index contributed by atoms with van der Waals surface area (Å²) in [5.41, 5.74) is -0.152. The molecule has 1 fully saturated rings. The number of unbranched alkanes of at least 4 members (excludes halogenated alkanes) is 7. The van der Waals surface area contributed by atoms with Crippen LogP contribution >= 0.6 is 0 Å². The van der Waals surface area contributed by atoms with Crippen LogP contribution in [0.4, 0.5) is 0 Å². The highest BCUT2D eigenvalue weighted by Crippen LogP contribution is 2.26. The molecule has 0 spiro atoms. The molecule has 1 unspecified atom stereocenters. The Morgan fingerprint density at radius 2 is 1.63 bits per heavy atom. The monoisotopic (exact) mass is 267 g/mol. The van der Waals surface area contributed by atoms with Crippen LogP contribution in [0.5, 0.6) is 0 Å². The minimum absolute atomic E-state index is 0.152.